The number of Topliss-reactive ketones (excluding diaryl/α,β-unsaturated/α-hetero) is 1. The number of nitrogens with two attached hydrogens (primary N) is 3. The first-order valence-electron chi connectivity index (χ1n) is 13.2. The van der Waals surface area contributed by atoms with Gasteiger partial charge < -0.3 is 16.4 Å². The van der Waals surface area contributed by atoms with Crippen molar-refractivity contribution >= 4 is 35.3 Å². The predicted octanol–water partition coefficient (Wildman–Crippen LogP) is 1.16. The molecule has 0 aliphatic carbocycles. The number of fused-ring (bicyclic) bond motifs is 3. The second-order valence-electron chi connectivity index (χ2n) is 10.3. The van der Waals surface area contributed by atoms with Crippen LogP contribution in [-0.4, -0.2) is 65.4 Å². The number of carbonyl (C=O) groups excluding carboxylic acids is 2. The van der Waals surface area contributed by atoms with Gasteiger partial charge in [0.1, 0.15) is 5.82 Å². The van der Waals surface area contributed by atoms with E-state index in [1.165, 1.54) is 17.6 Å². The highest BCUT2D eigenvalue weighted by molar-refractivity contribution is 6.38. The highest BCUT2D eigenvalue weighted by Gasteiger charge is 2.46. The maximum atomic E-state index is 14.2. The molecule has 0 spiro atoms. The molecule has 0 saturated carbocycles. The van der Waals surface area contributed by atoms with Crippen LogP contribution in [0.4, 0.5) is 10.2 Å². The monoisotopic (exact) mass is 555 g/mol. The van der Waals surface area contributed by atoms with E-state index in [9.17, 15) is 14.0 Å². The van der Waals surface area contributed by atoms with Gasteiger partial charge in [0.2, 0.25) is 5.95 Å². The highest BCUT2D eigenvalue weighted by atomic mass is 19.1. The van der Waals surface area contributed by atoms with Gasteiger partial charge in [-0.25, -0.2) is 9.97 Å². The number of nitrogen functional groups attached to an aromatic ring is 1. The summed E-state index contributed by atoms with van der Waals surface area (Å²) in [5, 5.41) is 9.74. The Hall–Kier alpha value is -5.07. The van der Waals surface area contributed by atoms with E-state index in [0.717, 1.165) is 19.2 Å². The largest absolute Gasteiger partial charge is 0.383 e. The summed E-state index contributed by atoms with van der Waals surface area (Å²) >= 11 is 0. The van der Waals surface area contributed by atoms with E-state index in [0.29, 0.717) is 52.1 Å². The van der Waals surface area contributed by atoms with Crippen molar-refractivity contribution in [2.24, 2.45) is 10.7 Å². The molecular formula is C28H28FN10O2+. The Morgan fingerprint density at radius 1 is 1.12 bits per heavy atom. The van der Waals surface area contributed by atoms with Crippen LogP contribution in [0.15, 0.2) is 47.8 Å². The van der Waals surface area contributed by atoms with Crippen LogP contribution in [0.1, 0.15) is 54.6 Å². The van der Waals surface area contributed by atoms with Crippen molar-refractivity contribution < 1.29 is 19.4 Å². The van der Waals surface area contributed by atoms with Gasteiger partial charge in [-0.2, -0.15) is 14.0 Å². The summed E-state index contributed by atoms with van der Waals surface area (Å²) in [7, 11) is 0. The number of pyridine rings is 2. The van der Waals surface area contributed by atoms with E-state index in [1.54, 1.807) is 41.6 Å². The molecule has 6 heterocycles. The fraction of sp³-hybridized carbons (Fsp3) is 0.286. The minimum absolute atomic E-state index is 0.0779. The lowest BCUT2D eigenvalue weighted by atomic mass is 9.85. The van der Waals surface area contributed by atoms with Gasteiger partial charge in [0, 0.05) is 41.5 Å². The Bertz CT molecular complexity index is 1720. The van der Waals surface area contributed by atoms with Crippen molar-refractivity contribution in [2.75, 3.05) is 5.73 Å². The van der Waals surface area contributed by atoms with Crippen molar-refractivity contribution in [1.82, 2.24) is 29.5 Å². The predicted molar refractivity (Wildman–Crippen MR) is 149 cm³/mol. The van der Waals surface area contributed by atoms with E-state index >= 15 is 0 Å². The van der Waals surface area contributed by atoms with Gasteiger partial charge in [0.05, 0.1) is 28.7 Å². The number of halogens is 1. The Balaban J connectivity index is 1.38. The number of rotatable bonds is 5. The average Bonchev–Trinajstić information content (AvgIpc) is 3.50. The molecule has 2 aliphatic heterocycles. The smallest absolute Gasteiger partial charge is 0.316 e. The lowest BCUT2D eigenvalue weighted by Crippen LogP contribution is -2.51. The zero-order chi connectivity index (χ0) is 28.8. The van der Waals surface area contributed by atoms with Crippen LogP contribution in [0, 0.1) is 5.95 Å². The molecule has 2 saturated heterocycles. The molecule has 41 heavy (non-hydrogen) atoms. The fourth-order valence-electron chi connectivity index (χ4n) is 6.18. The number of carbonyl (C=O) groups is 2. The van der Waals surface area contributed by atoms with E-state index in [4.69, 9.17) is 21.9 Å². The molecule has 6 rings (SSSR count). The van der Waals surface area contributed by atoms with E-state index in [-0.39, 0.29) is 41.3 Å². The average molecular weight is 556 g/mol. The number of aliphatic imine (C=N–C) groups is 1. The maximum Gasteiger partial charge on any atom is 0.316 e. The molecule has 2 unspecified atom stereocenters. The number of aromatic nitrogens is 5. The number of anilines is 1. The molecule has 2 atom stereocenters. The molecule has 0 radical (unpaired) electrons. The van der Waals surface area contributed by atoms with Gasteiger partial charge in [0.15, 0.2) is 11.4 Å². The Labute approximate surface area is 233 Å². The third-order valence-corrected chi connectivity index (χ3v) is 7.96. The van der Waals surface area contributed by atoms with Crippen LogP contribution in [0.2, 0.25) is 0 Å². The second kappa shape index (κ2) is 10.2. The summed E-state index contributed by atoms with van der Waals surface area (Å²) in [5.74, 6) is -1.22. The topological polar surface area (TPSA) is 183 Å². The number of hydrogen-bond donors (Lipinski definition) is 3. The maximum absolute atomic E-state index is 14.2. The lowest BCUT2D eigenvalue weighted by molar-refractivity contribution is -0.128. The Kier molecular flexibility index (Phi) is 6.48. The zero-order valence-electron chi connectivity index (χ0n) is 22.2. The molecule has 208 valence electrons. The van der Waals surface area contributed by atoms with Crippen LogP contribution in [-0.2, 0) is 4.79 Å². The number of ketones is 1. The summed E-state index contributed by atoms with van der Waals surface area (Å²) < 4.78 is 15.6. The first-order chi connectivity index (χ1) is 19.8. The first kappa shape index (κ1) is 26.2. The number of amidine groups is 1. The summed E-state index contributed by atoms with van der Waals surface area (Å²) in [6.45, 7) is 1.46. The van der Waals surface area contributed by atoms with Gasteiger partial charge in [-0.05, 0) is 55.8 Å². The summed E-state index contributed by atoms with van der Waals surface area (Å²) in [6.07, 6.45) is 8.45. The summed E-state index contributed by atoms with van der Waals surface area (Å²) in [6, 6.07) is 6.61. The molecule has 4 aromatic heterocycles. The van der Waals surface area contributed by atoms with Crippen molar-refractivity contribution in [1.29, 1.82) is 0 Å². The standard InChI is InChI=1S/C28H27FN10O2/c1-14(40)22-23(16-9-17-5-6-18(10-16)38(17)28(41)25(31)35-13-30)37-27-20(12-36-39(27)26(22)32)15-4-7-21(34-11-15)19-3-2-8-33-24(19)29/h2-4,7-8,11-13,16-18H,5-6,9-10,32H2,1H3,(H3,30,31,35)/p+1. The summed E-state index contributed by atoms with van der Waals surface area (Å²) in [5.41, 5.74) is 15.9. The minimum atomic E-state index is -0.603. The SMILES string of the molecule is CC(=O)c1c(C2CC3CCC(C2)N3C(=O)C(N)=NC=[NH2+])nc2c(-c3ccc(-c4cccnc4F)nc3)cnn2c1N. The van der Waals surface area contributed by atoms with Crippen LogP contribution >= 0.6 is 0 Å². The van der Waals surface area contributed by atoms with Crippen molar-refractivity contribution in [3.8, 4) is 22.4 Å². The van der Waals surface area contributed by atoms with Gasteiger partial charge >= 0.3 is 11.7 Å². The molecule has 2 bridgehead atoms. The molecule has 4 aromatic rings. The molecule has 6 N–H and O–H groups in total. The third-order valence-electron chi connectivity index (χ3n) is 7.96. The lowest BCUT2D eigenvalue weighted by Gasteiger charge is -2.38. The minimum Gasteiger partial charge on any atom is -0.383 e. The molecule has 0 aromatic carbocycles. The van der Waals surface area contributed by atoms with Crippen LogP contribution in [0.3, 0.4) is 0 Å². The third kappa shape index (κ3) is 4.39. The normalized spacial score (nSPS) is 20.4. The number of amides is 1. The van der Waals surface area contributed by atoms with Crippen LogP contribution < -0.4 is 16.9 Å². The van der Waals surface area contributed by atoms with E-state index in [2.05, 4.69) is 20.1 Å². The number of hydrogen-bond acceptors (Lipinski definition) is 7. The number of piperidine rings is 1. The van der Waals surface area contributed by atoms with Crippen molar-refractivity contribution in [3.05, 3.63) is 60.1 Å². The first-order valence-corrected chi connectivity index (χ1v) is 13.2. The Morgan fingerprint density at radius 3 is 2.51 bits per heavy atom. The van der Waals surface area contributed by atoms with Gasteiger partial charge in [-0.1, -0.05) is 6.07 Å². The van der Waals surface area contributed by atoms with Crippen LogP contribution in [0.5, 0.6) is 0 Å². The molecule has 1 amide bonds. The number of nitrogens with zero attached hydrogens (tertiary/aromatic N) is 7. The van der Waals surface area contributed by atoms with Gasteiger partial charge in [0.25, 0.3) is 6.34 Å². The van der Waals surface area contributed by atoms with Gasteiger partial charge in [-0.15, -0.1) is 0 Å². The van der Waals surface area contributed by atoms with E-state index in [1.807, 2.05) is 0 Å². The summed E-state index contributed by atoms with van der Waals surface area (Å²) in [4.78, 5) is 44.4. The molecule has 2 fully saturated rings. The second-order valence-corrected chi connectivity index (χ2v) is 10.3. The molecule has 12 nitrogen and oxygen atoms in total. The molecular weight excluding hydrogens is 527 g/mol. The molecule has 13 heteroatoms. The zero-order valence-corrected chi connectivity index (χ0v) is 22.2. The van der Waals surface area contributed by atoms with Gasteiger partial charge in [-0.3, -0.25) is 20.0 Å². The quantitative estimate of drug-likeness (QED) is 0.142. The van der Waals surface area contributed by atoms with E-state index < -0.39 is 5.95 Å². The fourth-order valence-corrected chi connectivity index (χ4v) is 6.18. The highest BCUT2D eigenvalue weighted by Crippen LogP contribution is 2.44. The Morgan fingerprint density at radius 2 is 1.88 bits per heavy atom. The van der Waals surface area contributed by atoms with Crippen molar-refractivity contribution in [3.63, 3.8) is 0 Å². The van der Waals surface area contributed by atoms with Crippen LogP contribution in [0.25, 0.3) is 28.0 Å². The molecule has 2 aliphatic rings. The van der Waals surface area contributed by atoms with Crippen molar-refractivity contribution in [2.45, 2.75) is 50.6 Å².